The van der Waals surface area contributed by atoms with Gasteiger partial charge in [0.05, 0.1) is 11.6 Å². The summed E-state index contributed by atoms with van der Waals surface area (Å²) in [6.45, 7) is 0.600. The van der Waals surface area contributed by atoms with Crippen molar-refractivity contribution in [1.82, 2.24) is 20.2 Å². The lowest BCUT2D eigenvalue weighted by molar-refractivity contribution is 1.04. The molecule has 0 bridgehead atoms. The summed E-state index contributed by atoms with van der Waals surface area (Å²) in [5.41, 5.74) is 2.43. The fraction of sp³-hybridized carbons (Fsp3) is 0.0667. The Kier molecular flexibility index (Phi) is 3.56. The van der Waals surface area contributed by atoms with E-state index in [0.29, 0.717) is 23.9 Å². The molecule has 0 fully saturated rings. The molecule has 0 saturated carbocycles. The summed E-state index contributed by atoms with van der Waals surface area (Å²) < 4.78 is 0. The molecule has 1 aromatic carbocycles. The first-order valence-electron chi connectivity index (χ1n) is 6.42. The molecule has 102 valence electrons. The van der Waals surface area contributed by atoms with Gasteiger partial charge in [-0.25, -0.2) is 5.10 Å². The van der Waals surface area contributed by atoms with E-state index in [0.717, 1.165) is 11.3 Å². The van der Waals surface area contributed by atoms with Gasteiger partial charge in [-0.2, -0.15) is 15.3 Å². The quantitative estimate of drug-likeness (QED) is 0.763. The van der Waals surface area contributed by atoms with Crippen LogP contribution in [0.1, 0.15) is 11.1 Å². The number of aromatic amines is 1. The molecule has 0 aliphatic carbocycles. The molecule has 2 N–H and O–H groups in total. The van der Waals surface area contributed by atoms with Crippen LogP contribution in [0.5, 0.6) is 0 Å². The highest BCUT2D eigenvalue weighted by Gasteiger charge is 2.06. The molecule has 6 heteroatoms. The normalized spacial score (nSPS) is 10.0. The minimum atomic E-state index is 0.554. The van der Waals surface area contributed by atoms with Crippen molar-refractivity contribution < 1.29 is 0 Å². The van der Waals surface area contributed by atoms with Crippen LogP contribution in [0.15, 0.2) is 48.7 Å². The molecule has 2 aromatic heterocycles. The second-order valence-corrected chi connectivity index (χ2v) is 4.38. The first kappa shape index (κ1) is 12.8. The number of hydrogen-bond acceptors (Lipinski definition) is 5. The summed E-state index contributed by atoms with van der Waals surface area (Å²) in [6, 6.07) is 15.1. The third-order valence-electron chi connectivity index (χ3n) is 2.92. The van der Waals surface area contributed by atoms with Crippen LogP contribution in [0.2, 0.25) is 0 Å². The zero-order valence-corrected chi connectivity index (χ0v) is 11.1. The minimum absolute atomic E-state index is 0.554. The second-order valence-electron chi connectivity index (χ2n) is 4.38. The highest BCUT2D eigenvalue weighted by atomic mass is 15.3. The van der Waals surface area contributed by atoms with Gasteiger partial charge in [-0.15, -0.1) is 0 Å². The van der Waals surface area contributed by atoms with Gasteiger partial charge in [-0.05, 0) is 29.8 Å². The van der Waals surface area contributed by atoms with Gasteiger partial charge in [0.25, 0.3) is 0 Å². The van der Waals surface area contributed by atoms with Gasteiger partial charge in [0.1, 0.15) is 5.69 Å². The third-order valence-corrected chi connectivity index (χ3v) is 2.92. The largest absolute Gasteiger partial charge is 0.351 e. The smallest absolute Gasteiger partial charge is 0.219 e. The van der Waals surface area contributed by atoms with Crippen molar-refractivity contribution >= 4 is 5.95 Å². The van der Waals surface area contributed by atoms with E-state index >= 15 is 0 Å². The van der Waals surface area contributed by atoms with E-state index in [-0.39, 0.29) is 0 Å². The molecule has 21 heavy (non-hydrogen) atoms. The Morgan fingerprint density at radius 2 is 2.00 bits per heavy atom. The van der Waals surface area contributed by atoms with Crippen LogP contribution in [0.4, 0.5) is 5.95 Å². The molecule has 3 aromatic rings. The molecule has 3 rings (SSSR count). The summed E-state index contributed by atoms with van der Waals surface area (Å²) in [5.74, 6) is 1.14. The molecule has 0 atom stereocenters. The van der Waals surface area contributed by atoms with Crippen LogP contribution in [-0.4, -0.2) is 20.2 Å². The minimum Gasteiger partial charge on any atom is -0.351 e. The van der Waals surface area contributed by atoms with Crippen molar-refractivity contribution in [3.05, 3.63) is 59.8 Å². The number of hydrogen-bond donors (Lipinski definition) is 2. The maximum atomic E-state index is 8.75. The number of anilines is 1. The van der Waals surface area contributed by atoms with Gasteiger partial charge in [-0.3, -0.25) is 4.98 Å². The number of nitrogens with zero attached hydrogens (tertiary/aromatic N) is 4. The van der Waals surface area contributed by atoms with E-state index in [2.05, 4.69) is 31.6 Å². The molecule has 0 amide bonds. The SMILES string of the molecule is N#Cc1ccc(CNc2nc(-c3ccccn3)n[nH]2)cc1. The fourth-order valence-corrected chi connectivity index (χ4v) is 1.83. The van der Waals surface area contributed by atoms with E-state index in [9.17, 15) is 0 Å². The highest BCUT2D eigenvalue weighted by molar-refractivity contribution is 5.50. The first-order valence-corrected chi connectivity index (χ1v) is 6.42. The lowest BCUT2D eigenvalue weighted by atomic mass is 10.1. The van der Waals surface area contributed by atoms with Gasteiger partial charge >= 0.3 is 0 Å². The molecule has 6 nitrogen and oxygen atoms in total. The Morgan fingerprint density at radius 3 is 2.71 bits per heavy atom. The summed E-state index contributed by atoms with van der Waals surface area (Å²) in [5, 5.41) is 18.9. The lowest BCUT2D eigenvalue weighted by Gasteiger charge is -2.02. The summed E-state index contributed by atoms with van der Waals surface area (Å²) in [7, 11) is 0. The highest BCUT2D eigenvalue weighted by Crippen LogP contribution is 2.12. The number of rotatable bonds is 4. The molecular weight excluding hydrogens is 264 g/mol. The van der Waals surface area contributed by atoms with Crippen LogP contribution in [0.25, 0.3) is 11.5 Å². The number of aromatic nitrogens is 4. The van der Waals surface area contributed by atoms with Crippen LogP contribution >= 0.6 is 0 Å². The Labute approximate surface area is 121 Å². The molecule has 0 radical (unpaired) electrons. The van der Waals surface area contributed by atoms with Crippen molar-refractivity contribution in [3.63, 3.8) is 0 Å². The van der Waals surface area contributed by atoms with Gasteiger partial charge in [0, 0.05) is 12.7 Å². The Balaban J connectivity index is 1.66. The van der Waals surface area contributed by atoms with Gasteiger partial charge < -0.3 is 5.32 Å². The average Bonchev–Trinajstić information content (AvgIpc) is 3.03. The van der Waals surface area contributed by atoms with E-state index in [4.69, 9.17) is 5.26 Å². The lowest BCUT2D eigenvalue weighted by Crippen LogP contribution is -2.00. The molecule has 0 saturated heterocycles. The summed E-state index contributed by atoms with van der Waals surface area (Å²) >= 11 is 0. The van der Waals surface area contributed by atoms with Crippen molar-refractivity contribution in [2.24, 2.45) is 0 Å². The standard InChI is InChI=1S/C15H12N6/c16-9-11-4-6-12(7-5-11)10-18-15-19-14(20-21-15)13-3-1-2-8-17-13/h1-8H,10H2,(H2,18,19,20,21). The summed E-state index contributed by atoms with van der Waals surface area (Å²) in [6.07, 6.45) is 1.70. The van der Waals surface area contributed by atoms with E-state index in [1.54, 1.807) is 18.3 Å². The van der Waals surface area contributed by atoms with Crippen LogP contribution in [-0.2, 0) is 6.54 Å². The van der Waals surface area contributed by atoms with Gasteiger partial charge in [0.15, 0.2) is 0 Å². The Bertz CT molecular complexity index is 755. The fourth-order valence-electron chi connectivity index (χ4n) is 1.83. The van der Waals surface area contributed by atoms with Gasteiger partial charge in [0.2, 0.25) is 11.8 Å². The Morgan fingerprint density at radius 1 is 1.14 bits per heavy atom. The van der Waals surface area contributed by atoms with Crippen molar-refractivity contribution in [3.8, 4) is 17.6 Å². The predicted octanol–water partition coefficient (Wildman–Crippen LogP) is 2.35. The molecule has 0 aliphatic rings. The maximum absolute atomic E-state index is 8.75. The molecule has 0 unspecified atom stereocenters. The van der Waals surface area contributed by atoms with E-state index in [1.807, 2.05) is 30.3 Å². The zero-order valence-electron chi connectivity index (χ0n) is 11.1. The van der Waals surface area contributed by atoms with Crippen LogP contribution in [0, 0.1) is 11.3 Å². The third kappa shape index (κ3) is 3.04. The van der Waals surface area contributed by atoms with E-state index in [1.165, 1.54) is 0 Å². The zero-order chi connectivity index (χ0) is 14.5. The molecule has 0 spiro atoms. The number of nitriles is 1. The van der Waals surface area contributed by atoms with E-state index < -0.39 is 0 Å². The predicted molar refractivity (Wildman–Crippen MR) is 78.1 cm³/mol. The number of H-pyrrole nitrogens is 1. The van der Waals surface area contributed by atoms with Crippen molar-refractivity contribution in [2.45, 2.75) is 6.54 Å². The first-order chi connectivity index (χ1) is 10.3. The van der Waals surface area contributed by atoms with Gasteiger partial charge in [-0.1, -0.05) is 18.2 Å². The number of pyridine rings is 1. The Hall–Kier alpha value is -3.20. The second kappa shape index (κ2) is 5.84. The molecular formula is C15H12N6. The monoisotopic (exact) mass is 276 g/mol. The summed E-state index contributed by atoms with van der Waals surface area (Å²) in [4.78, 5) is 8.53. The van der Waals surface area contributed by atoms with Crippen molar-refractivity contribution in [2.75, 3.05) is 5.32 Å². The average molecular weight is 276 g/mol. The van der Waals surface area contributed by atoms with Crippen LogP contribution < -0.4 is 5.32 Å². The molecule has 0 aliphatic heterocycles. The number of benzene rings is 1. The topological polar surface area (TPSA) is 90.3 Å². The van der Waals surface area contributed by atoms with Crippen LogP contribution in [0.3, 0.4) is 0 Å². The molecule has 2 heterocycles. The maximum Gasteiger partial charge on any atom is 0.219 e. The van der Waals surface area contributed by atoms with Crippen molar-refractivity contribution in [1.29, 1.82) is 5.26 Å². The number of nitrogens with one attached hydrogen (secondary N) is 2.